The summed E-state index contributed by atoms with van der Waals surface area (Å²) in [5.41, 5.74) is 7.86. The first-order valence-electron chi connectivity index (χ1n) is 4.55. The molecule has 2 aromatic rings. The first kappa shape index (κ1) is 15.3. The average molecular weight is 262 g/mol. The van der Waals surface area contributed by atoms with E-state index >= 15 is 0 Å². The molecule has 0 radical (unpaired) electrons. The number of nitrogens with two attached hydrogens (primary N) is 1. The Morgan fingerprint density at radius 1 is 1.18 bits per heavy atom. The maximum absolute atomic E-state index is 11.6. The van der Waals surface area contributed by atoms with E-state index in [0.29, 0.717) is 11.4 Å². The Labute approximate surface area is 104 Å². The average Bonchev–Trinajstić information content (AvgIpc) is 2.43. The molecule has 0 saturated carbocycles. The van der Waals surface area contributed by atoms with Gasteiger partial charge in [0.1, 0.15) is 5.75 Å². The Bertz CT molecular complexity index is 588. The molecule has 0 atom stereocenters. The minimum atomic E-state index is -0.0716. The van der Waals surface area contributed by atoms with Crippen LogP contribution < -0.4 is 16.2 Å². The number of fused-ring (bicyclic) bond motifs is 1. The molecule has 4 N–H and O–H groups in total. The van der Waals surface area contributed by atoms with E-state index in [0.717, 1.165) is 11.0 Å². The summed E-state index contributed by atoms with van der Waals surface area (Å²) in [4.78, 5) is 11.6. The van der Waals surface area contributed by atoms with Gasteiger partial charge < -0.3 is 15.9 Å². The topological polar surface area (TPSA) is 93.7 Å². The van der Waals surface area contributed by atoms with Crippen molar-refractivity contribution in [1.29, 1.82) is 0 Å². The maximum atomic E-state index is 11.6. The zero-order chi connectivity index (χ0) is 11.2. The quantitative estimate of drug-likeness (QED) is 0.736. The highest BCUT2D eigenvalue weighted by molar-refractivity contribution is 5.85. The molecule has 17 heavy (non-hydrogen) atoms. The van der Waals surface area contributed by atoms with Gasteiger partial charge in [-0.3, -0.25) is 9.13 Å². The third-order valence-corrected chi connectivity index (χ3v) is 2.62. The SMILES string of the molecule is COc1cc2c(cc1N)n(C)c(=O)n2C.Cl.O. The number of nitrogens with zero attached hydrogens (tertiary/aromatic N) is 2. The van der Waals surface area contributed by atoms with Crippen LogP contribution >= 0.6 is 12.4 Å². The number of hydrogen-bond donors (Lipinski definition) is 1. The number of anilines is 1. The molecule has 0 unspecified atom stereocenters. The lowest BCUT2D eigenvalue weighted by Gasteiger charge is -2.04. The number of benzene rings is 1. The van der Waals surface area contributed by atoms with Gasteiger partial charge in [-0.1, -0.05) is 0 Å². The maximum Gasteiger partial charge on any atom is 0.328 e. The molecular formula is C10H16ClN3O3. The van der Waals surface area contributed by atoms with Crippen LogP contribution in [0.2, 0.25) is 0 Å². The van der Waals surface area contributed by atoms with Gasteiger partial charge in [-0.15, -0.1) is 12.4 Å². The van der Waals surface area contributed by atoms with Crippen LogP contribution in [0.5, 0.6) is 5.75 Å². The van der Waals surface area contributed by atoms with Crippen molar-refractivity contribution in [2.75, 3.05) is 12.8 Å². The number of nitrogen functional groups attached to an aromatic ring is 1. The van der Waals surface area contributed by atoms with Crippen molar-refractivity contribution in [3.63, 3.8) is 0 Å². The summed E-state index contributed by atoms with van der Waals surface area (Å²) in [5.74, 6) is 0.587. The summed E-state index contributed by atoms with van der Waals surface area (Å²) in [7, 11) is 5.00. The fourth-order valence-electron chi connectivity index (χ4n) is 1.72. The summed E-state index contributed by atoms with van der Waals surface area (Å²) >= 11 is 0. The molecule has 6 nitrogen and oxygen atoms in total. The van der Waals surface area contributed by atoms with Gasteiger partial charge in [-0.25, -0.2) is 4.79 Å². The zero-order valence-electron chi connectivity index (χ0n) is 9.85. The van der Waals surface area contributed by atoms with Crippen LogP contribution in [0.1, 0.15) is 0 Å². The van der Waals surface area contributed by atoms with E-state index in [-0.39, 0.29) is 23.6 Å². The van der Waals surface area contributed by atoms with Gasteiger partial charge in [0.15, 0.2) is 0 Å². The summed E-state index contributed by atoms with van der Waals surface area (Å²) < 4.78 is 8.23. The number of ether oxygens (including phenoxy) is 1. The molecular weight excluding hydrogens is 246 g/mol. The van der Waals surface area contributed by atoms with Gasteiger partial charge in [-0.2, -0.15) is 0 Å². The molecule has 0 aliphatic rings. The molecule has 0 aliphatic heterocycles. The molecule has 2 rings (SSSR count). The predicted molar refractivity (Wildman–Crippen MR) is 70.0 cm³/mol. The van der Waals surface area contributed by atoms with E-state index in [1.807, 2.05) is 0 Å². The van der Waals surface area contributed by atoms with Gasteiger partial charge in [-0.05, 0) is 6.07 Å². The molecule has 1 heterocycles. The van der Waals surface area contributed by atoms with Gasteiger partial charge >= 0.3 is 5.69 Å². The number of hydrogen-bond acceptors (Lipinski definition) is 3. The third kappa shape index (κ3) is 2.09. The van der Waals surface area contributed by atoms with Crippen LogP contribution in [-0.4, -0.2) is 21.7 Å². The van der Waals surface area contributed by atoms with Crippen LogP contribution in [0, 0.1) is 0 Å². The normalized spacial score (nSPS) is 9.59. The predicted octanol–water partition coefficient (Wildman–Crippen LogP) is 0.0649. The third-order valence-electron chi connectivity index (χ3n) is 2.62. The number of halogens is 1. The van der Waals surface area contributed by atoms with Crippen LogP contribution in [-0.2, 0) is 14.1 Å². The smallest absolute Gasteiger partial charge is 0.328 e. The van der Waals surface area contributed by atoms with Crippen molar-refractivity contribution in [3.05, 3.63) is 22.6 Å². The van der Waals surface area contributed by atoms with Crippen molar-refractivity contribution >= 4 is 29.1 Å². The second kappa shape index (κ2) is 5.11. The number of aromatic nitrogens is 2. The number of aryl methyl sites for hydroxylation is 2. The molecule has 1 aromatic heterocycles. The molecule has 0 saturated heterocycles. The Morgan fingerprint density at radius 3 is 2.12 bits per heavy atom. The summed E-state index contributed by atoms with van der Waals surface area (Å²) in [5, 5.41) is 0. The largest absolute Gasteiger partial charge is 0.495 e. The molecule has 0 fully saturated rings. The van der Waals surface area contributed by atoms with Crippen molar-refractivity contribution in [3.8, 4) is 5.75 Å². The summed E-state index contributed by atoms with van der Waals surface area (Å²) in [6, 6.07) is 3.52. The lowest BCUT2D eigenvalue weighted by atomic mass is 10.2. The van der Waals surface area contributed by atoms with Crippen molar-refractivity contribution in [2.24, 2.45) is 14.1 Å². The summed E-state index contributed by atoms with van der Waals surface area (Å²) in [6.45, 7) is 0. The second-order valence-electron chi connectivity index (χ2n) is 3.48. The lowest BCUT2D eigenvalue weighted by molar-refractivity contribution is 0.417. The van der Waals surface area contributed by atoms with E-state index < -0.39 is 0 Å². The minimum Gasteiger partial charge on any atom is -0.495 e. The Morgan fingerprint density at radius 2 is 1.65 bits per heavy atom. The van der Waals surface area contributed by atoms with E-state index in [9.17, 15) is 4.79 Å². The van der Waals surface area contributed by atoms with Crippen molar-refractivity contribution < 1.29 is 10.2 Å². The van der Waals surface area contributed by atoms with Gasteiger partial charge in [0.05, 0.1) is 23.8 Å². The lowest BCUT2D eigenvalue weighted by Crippen LogP contribution is -2.19. The molecule has 0 bridgehead atoms. The van der Waals surface area contributed by atoms with Gasteiger partial charge in [0.2, 0.25) is 0 Å². The standard InChI is InChI=1S/C10H13N3O2.ClH.H2O/c1-12-7-4-6(11)9(15-3)5-8(7)13(2)10(12)14;;/h4-5H,11H2,1-3H3;1H;1H2. The fourth-order valence-corrected chi connectivity index (χ4v) is 1.72. The van der Waals surface area contributed by atoms with E-state index in [2.05, 4.69) is 0 Å². The molecule has 0 amide bonds. The molecule has 96 valence electrons. The Hall–Kier alpha value is -1.66. The number of rotatable bonds is 1. The molecule has 7 heteroatoms. The van der Waals surface area contributed by atoms with E-state index in [4.69, 9.17) is 10.5 Å². The first-order valence-corrected chi connectivity index (χ1v) is 4.55. The Balaban J connectivity index is 0.00000128. The van der Waals surface area contributed by atoms with Gasteiger partial charge in [0, 0.05) is 20.2 Å². The van der Waals surface area contributed by atoms with Crippen LogP contribution in [0.25, 0.3) is 11.0 Å². The second-order valence-corrected chi connectivity index (χ2v) is 3.48. The zero-order valence-corrected chi connectivity index (χ0v) is 10.7. The minimum absolute atomic E-state index is 0. The van der Waals surface area contributed by atoms with Gasteiger partial charge in [0.25, 0.3) is 0 Å². The molecule has 0 aliphatic carbocycles. The van der Waals surface area contributed by atoms with Crippen LogP contribution in [0.4, 0.5) is 5.69 Å². The Kier molecular flexibility index (Phi) is 4.61. The highest BCUT2D eigenvalue weighted by Gasteiger charge is 2.10. The van der Waals surface area contributed by atoms with E-state index in [1.54, 1.807) is 42.5 Å². The van der Waals surface area contributed by atoms with Crippen molar-refractivity contribution in [1.82, 2.24) is 9.13 Å². The number of imidazole rings is 1. The monoisotopic (exact) mass is 261 g/mol. The van der Waals surface area contributed by atoms with Crippen LogP contribution in [0.15, 0.2) is 16.9 Å². The molecule has 1 aromatic carbocycles. The van der Waals surface area contributed by atoms with E-state index in [1.165, 1.54) is 0 Å². The first-order chi connectivity index (χ1) is 7.06. The van der Waals surface area contributed by atoms with Crippen molar-refractivity contribution in [2.45, 2.75) is 0 Å². The number of methoxy groups -OCH3 is 1. The summed E-state index contributed by atoms with van der Waals surface area (Å²) in [6.07, 6.45) is 0. The highest BCUT2D eigenvalue weighted by Crippen LogP contribution is 2.26. The highest BCUT2D eigenvalue weighted by atomic mass is 35.5. The molecule has 0 spiro atoms. The fraction of sp³-hybridized carbons (Fsp3) is 0.300. The van der Waals surface area contributed by atoms with Crippen LogP contribution in [0.3, 0.4) is 0 Å².